The summed E-state index contributed by atoms with van der Waals surface area (Å²) in [6.07, 6.45) is 3.32. The van der Waals surface area contributed by atoms with Crippen molar-refractivity contribution in [2.75, 3.05) is 25.0 Å². The molecule has 0 aliphatic carbocycles. The van der Waals surface area contributed by atoms with E-state index in [1.807, 2.05) is 0 Å². The van der Waals surface area contributed by atoms with Crippen molar-refractivity contribution in [1.82, 2.24) is 14.7 Å². The molecule has 4 nitrogen and oxygen atoms in total. The Kier molecular flexibility index (Phi) is 5.65. The fourth-order valence-corrected chi connectivity index (χ4v) is 3.06. The van der Waals surface area contributed by atoms with Crippen molar-refractivity contribution in [2.45, 2.75) is 40.7 Å². The zero-order valence-electron chi connectivity index (χ0n) is 13.9. The number of aromatic nitrogens is 2. The van der Waals surface area contributed by atoms with Crippen LogP contribution in [0.2, 0.25) is 0 Å². The molecule has 2 rings (SSSR count). The standard InChI is InChI=1S/C16H28N4S/c1-12(2)6-7-19(5)15-14(11-17-10-13(3)4)20-8-9-21-16(20)18-15/h8-9,12-13,17H,6-7,10-11H2,1-5H3. The molecule has 5 heteroatoms. The molecular weight excluding hydrogens is 280 g/mol. The zero-order chi connectivity index (χ0) is 15.4. The van der Waals surface area contributed by atoms with Crippen LogP contribution in [0.3, 0.4) is 0 Å². The maximum Gasteiger partial charge on any atom is 0.195 e. The van der Waals surface area contributed by atoms with Crippen molar-refractivity contribution < 1.29 is 0 Å². The fraction of sp³-hybridized carbons (Fsp3) is 0.688. The summed E-state index contributed by atoms with van der Waals surface area (Å²) in [5.41, 5.74) is 1.28. The van der Waals surface area contributed by atoms with Gasteiger partial charge in [-0.3, -0.25) is 4.40 Å². The number of hydrogen-bond acceptors (Lipinski definition) is 4. The first-order valence-electron chi connectivity index (χ1n) is 7.85. The molecule has 0 aromatic carbocycles. The van der Waals surface area contributed by atoms with Gasteiger partial charge >= 0.3 is 0 Å². The van der Waals surface area contributed by atoms with Crippen LogP contribution in [0.5, 0.6) is 0 Å². The van der Waals surface area contributed by atoms with E-state index in [9.17, 15) is 0 Å². The lowest BCUT2D eigenvalue weighted by molar-refractivity contribution is 0.545. The highest BCUT2D eigenvalue weighted by Crippen LogP contribution is 2.24. The first kappa shape index (κ1) is 16.3. The van der Waals surface area contributed by atoms with Crippen molar-refractivity contribution in [1.29, 1.82) is 0 Å². The lowest BCUT2D eigenvalue weighted by atomic mass is 10.1. The molecule has 118 valence electrons. The minimum absolute atomic E-state index is 0.665. The molecular formula is C16H28N4S. The highest BCUT2D eigenvalue weighted by molar-refractivity contribution is 7.15. The predicted molar refractivity (Wildman–Crippen MR) is 92.3 cm³/mol. The van der Waals surface area contributed by atoms with Gasteiger partial charge in [0.2, 0.25) is 0 Å². The highest BCUT2D eigenvalue weighted by Gasteiger charge is 2.16. The molecule has 0 aliphatic rings. The minimum atomic E-state index is 0.665. The van der Waals surface area contributed by atoms with Gasteiger partial charge in [-0.15, -0.1) is 11.3 Å². The number of imidazole rings is 1. The van der Waals surface area contributed by atoms with Gasteiger partial charge in [0.25, 0.3) is 0 Å². The van der Waals surface area contributed by atoms with Crippen LogP contribution in [0.25, 0.3) is 4.96 Å². The molecule has 0 fully saturated rings. The maximum atomic E-state index is 4.82. The van der Waals surface area contributed by atoms with Gasteiger partial charge in [0.1, 0.15) is 0 Å². The van der Waals surface area contributed by atoms with Crippen LogP contribution in [0.4, 0.5) is 5.82 Å². The average molecular weight is 308 g/mol. The van der Waals surface area contributed by atoms with Gasteiger partial charge in [-0.25, -0.2) is 4.98 Å². The maximum absolute atomic E-state index is 4.82. The molecule has 0 bridgehead atoms. The summed E-state index contributed by atoms with van der Waals surface area (Å²) in [5.74, 6) is 2.51. The summed E-state index contributed by atoms with van der Waals surface area (Å²) in [7, 11) is 2.15. The molecule has 2 aromatic rings. The van der Waals surface area contributed by atoms with Crippen molar-refractivity contribution in [3.05, 3.63) is 17.3 Å². The first-order chi connectivity index (χ1) is 9.99. The van der Waals surface area contributed by atoms with E-state index >= 15 is 0 Å². The van der Waals surface area contributed by atoms with Crippen molar-refractivity contribution in [3.63, 3.8) is 0 Å². The summed E-state index contributed by atoms with van der Waals surface area (Å²) in [5, 5.41) is 5.65. The molecule has 1 N–H and O–H groups in total. The summed E-state index contributed by atoms with van der Waals surface area (Å²) in [4.78, 5) is 8.20. The number of rotatable bonds is 8. The Morgan fingerprint density at radius 2 is 2.05 bits per heavy atom. The molecule has 0 amide bonds. The van der Waals surface area contributed by atoms with Crippen LogP contribution in [-0.4, -0.2) is 29.5 Å². The van der Waals surface area contributed by atoms with Gasteiger partial charge < -0.3 is 10.2 Å². The van der Waals surface area contributed by atoms with Crippen LogP contribution in [-0.2, 0) is 6.54 Å². The number of nitrogens with one attached hydrogen (secondary N) is 1. The molecule has 0 aliphatic heterocycles. The number of anilines is 1. The Labute approximate surface area is 132 Å². The third-order valence-corrected chi connectivity index (χ3v) is 4.34. The Balaban J connectivity index is 2.15. The summed E-state index contributed by atoms with van der Waals surface area (Å²) < 4.78 is 2.22. The second-order valence-corrected chi connectivity index (χ2v) is 7.44. The van der Waals surface area contributed by atoms with Gasteiger partial charge in [0.05, 0.1) is 5.69 Å². The Hall–Kier alpha value is -1.07. The van der Waals surface area contributed by atoms with Crippen molar-refractivity contribution >= 4 is 22.1 Å². The van der Waals surface area contributed by atoms with Gasteiger partial charge in [-0.05, 0) is 24.8 Å². The summed E-state index contributed by atoms with van der Waals surface area (Å²) >= 11 is 1.70. The number of nitrogens with zero attached hydrogens (tertiary/aromatic N) is 3. The Morgan fingerprint density at radius 1 is 1.29 bits per heavy atom. The van der Waals surface area contributed by atoms with Gasteiger partial charge in [0, 0.05) is 31.7 Å². The predicted octanol–water partition coefficient (Wildman–Crippen LogP) is 3.62. The Morgan fingerprint density at radius 3 is 2.71 bits per heavy atom. The summed E-state index contributed by atoms with van der Waals surface area (Å²) in [6, 6.07) is 0. The molecule has 0 saturated carbocycles. The Bertz CT molecular complexity index is 556. The highest BCUT2D eigenvalue weighted by atomic mass is 32.1. The minimum Gasteiger partial charge on any atom is -0.358 e. The average Bonchev–Trinajstić information content (AvgIpc) is 2.97. The quantitative estimate of drug-likeness (QED) is 0.808. The van der Waals surface area contributed by atoms with Gasteiger partial charge in [0.15, 0.2) is 10.8 Å². The van der Waals surface area contributed by atoms with Gasteiger partial charge in [-0.2, -0.15) is 0 Å². The van der Waals surface area contributed by atoms with E-state index in [0.717, 1.165) is 36.3 Å². The molecule has 0 radical (unpaired) electrons. The van der Waals surface area contributed by atoms with E-state index in [2.05, 4.69) is 60.9 Å². The van der Waals surface area contributed by atoms with Crippen LogP contribution in [0.1, 0.15) is 39.8 Å². The fourth-order valence-electron chi connectivity index (χ4n) is 2.33. The van der Waals surface area contributed by atoms with E-state index in [-0.39, 0.29) is 0 Å². The molecule has 21 heavy (non-hydrogen) atoms. The second kappa shape index (κ2) is 7.27. The van der Waals surface area contributed by atoms with Crippen LogP contribution in [0, 0.1) is 11.8 Å². The van der Waals surface area contributed by atoms with E-state index in [0.29, 0.717) is 5.92 Å². The monoisotopic (exact) mass is 308 g/mol. The first-order valence-corrected chi connectivity index (χ1v) is 8.73. The molecule has 2 aromatic heterocycles. The number of thiazole rings is 1. The van der Waals surface area contributed by atoms with E-state index in [1.165, 1.54) is 12.1 Å². The SMILES string of the molecule is CC(C)CCN(C)c1nc2sccn2c1CNCC(C)C. The normalized spacial score (nSPS) is 12.0. The molecule has 0 atom stereocenters. The second-order valence-electron chi connectivity index (χ2n) is 6.57. The van der Waals surface area contributed by atoms with E-state index in [1.54, 1.807) is 11.3 Å². The van der Waals surface area contributed by atoms with Crippen LogP contribution in [0.15, 0.2) is 11.6 Å². The van der Waals surface area contributed by atoms with E-state index in [4.69, 9.17) is 4.98 Å². The molecule has 0 saturated heterocycles. The zero-order valence-corrected chi connectivity index (χ0v) is 14.7. The lowest BCUT2D eigenvalue weighted by Crippen LogP contribution is -2.25. The van der Waals surface area contributed by atoms with Crippen LogP contribution < -0.4 is 10.2 Å². The smallest absolute Gasteiger partial charge is 0.195 e. The van der Waals surface area contributed by atoms with Crippen molar-refractivity contribution in [3.8, 4) is 0 Å². The molecule has 0 unspecified atom stereocenters. The summed E-state index contributed by atoms with van der Waals surface area (Å²) in [6.45, 7) is 12.0. The number of hydrogen-bond donors (Lipinski definition) is 1. The molecule has 2 heterocycles. The van der Waals surface area contributed by atoms with E-state index < -0.39 is 0 Å². The van der Waals surface area contributed by atoms with Crippen molar-refractivity contribution in [2.24, 2.45) is 11.8 Å². The topological polar surface area (TPSA) is 32.6 Å². The lowest BCUT2D eigenvalue weighted by Gasteiger charge is -2.20. The third-order valence-electron chi connectivity index (χ3n) is 3.59. The molecule has 0 spiro atoms. The van der Waals surface area contributed by atoms with Crippen LogP contribution >= 0.6 is 11.3 Å². The third kappa shape index (κ3) is 4.20. The largest absolute Gasteiger partial charge is 0.358 e. The van der Waals surface area contributed by atoms with Gasteiger partial charge in [-0.1, -0.05) is 27.7 Å². The number of fused-ring (bicyclic) bond motifs is 1.